The van der Waals surface area contributed by atoms with Crippen molar-refractivity contribution >= 4 is 22.6 Å². The van der Waals surface area contributed by atoms with E-state index in [-0.39, 0.29) is 5.95 Å². The first kappa shape index (κ1) is 11.0. The molecule has 0 saturated carbocycles. The Morgan fingerprint density at radius 3 is 2.64 bits per heavy atom. The molecule has 0 aliphatic rings. The van der Waals surface area contributed by atoms with Crippen LogP contribution < -0.4 is 11.1 Å². The average Bonchev–Trinajstić information content (AvgIpc) is 2.30. The van der Waals surface area contributed by atoms with E-state index in [9.17, 15) is 13.2 Å². The highest BCUT2D eigenvalue weighted by atomic mass is 32.1. The first-order chi connectivity index (χ1) is 6.37. The predicted molar refractivity (Wildman–Crippen MR) is 48.1 cm³/mol. The highest BCUT2D eigenvalue weighted by Crippen LogP contribution is 2.23. The molecule has 80 valence electrons. The van der Waals surface area contributed by atoms with Crippen LogP contribution in [0.2, 0.25) is 0 Å². The molecule has 1 aromatic heterocycles. The van der Waals surface area contributed by atoms with Gasteiger partial charge in [-0.15, -0.1) is 0 Å². The summed E-state index contributed by atoms with van der Waals surface area (Å²) < 4.78 is 39.4. The lowest BCUT2D eigenvalue weighted by molar-refractivity contribution is -0.136. The molecule has 0 radical (unpaired) electrons. The van der Waals surface area contributed by atoms with Crippen molar-refractivity contribution in [3.05, 3.63) is 0 Å². The molecular formula is C6H9F3N4S. The number of aromatic nitrogens is 2. The molecular weight excluding hydrogens is 217 g/mol. The molecule has 1 aromatic rings. The second-order valence-electron chi connectivity index (χ2n) is 2.82. The van der Waals surface area contributed by atoms with Gasteiger partial charge in [-0.25, -0.2) is 0 Å². The first-order valence-electron chi connectivity index (χ1n) is 3.79. The monoisotopic (exact) mass is 226 g/mol. The van der Waals surface area contributed by atoms with Crippen LogP contribution in [0.4, 0.5) is 24.3 Å². The van der Waals surface area contributed by atoms with Crippen molar-refractivity contribution in [3.8, 4) is 0 Å². The van der Waals surface area contributed by atoms with E-state index < -0.39 is 18.6 Å². The Morgan fingerprint density at radius 1 is 1.57 bits per heavy atom. The molecule has 1 rings (SSSR count). The van der Waals surface area contributed by atoms with E-state index in [0.717, 1.165) is 11.5 Å². The lowest BCUT2D eigenvalue weighted by Crippen LogP contribution is -2.23. The number of alkyl halides is 3. The molecule has 0 saturated heterocycles. The summed E-state index contributed by atoms with van der Waals surface area (Å²) in [5.41, 5.74) is 5.21. The Hall–Kier alpha value is -1.05. The molecule has 4 nitrogen and oxygen atoms in total. The number of nitrogens with zero attached hydrogens (tertiary/aromatic N) is 2. The van der Waals surface area contributed by atoms with Crippen LogP contribution in [0.5, 0.6) is 0 Å². The molecule has 0 aliphatic carbocycles. The van der Waals surface area contributed by atoms with Gasteiger partial charge < -0.3 is 11.1 Å². The van der Waals surface area contributed by atoms with Crippen molar-refractivity contribution in [2.24, 2.45) is 0 Å². The standard InChI is InChI=1S/C6H9F3N4S/c1-3(2-6(7,8)9)11-5-12-4(10)13-14-5/h3H,2H2,1H3,(H3,10,11,12,13). The van der Waals surface area contributed by atoms with E-state index in [1.165, 1.54) is 6.92 Å². The quantitative estimate of drug-likeness (QED) is 0.825. The Balaban J connectivity index is 2.45. The Kier molecular flexibility index (Phi) is 3.14. The molecule has 8 heteroatoms. The molecule has 0 amide bonds. The number of nitrogens with two attached hydrogens (primary N) is 1. The smallest absolute Gasteiger partial charge is 0.367 e. The summed E-state index contributed by atoms with van der Waals surface area (Å²) >= 11 is 0.939. The normalized spacial score (nSPS) is 14.0. The summed E-state index contributed by atoms with van der Waals surface area (Å²) in [6.07, 6.45) is -5.09. The second-order valence-corrected chi connectivity index (χ2v) is 3.57. The van der Waals surface area contributed by atoms with E-state index in [2.05, 4.69) is 14.7 Å². The third-order valence-electron chi connectivity index (χ3n) is 1.35. The number of nitrogen functional groups attached to an aromatic ring is 1. The predicted octanol–water partition coefficient (Wildman–Crippen LogP) is 1.87. The van der Waals surface area contributed by atoms with E-state index >= 15 is 0 Å². The molecule has 3 N–H and O–H groups in total. The third kappa shape index (κ3) is 3.77. The zero-order valence-electron chi connectivity index (χ0n) is 7.30. The lowest BCUT2D eigenvalue weighted by Gasteiger charge is -2.14. The maximum absolute atomic E-state index is 11.9. The van der Waals surface area contributed by atoms with Crippen LogP contribution in [-0.4, -0.2) is 21.6 Å². The van der Waals surface area contributed by atoms with Gasteiger partial charge in [0.05, 0.1) is 6.42 Å². The molecule has 14 heavy (non-hydrogen) atoms. The second kappa shape index (κ2) is 3.99. The fourth-order valence-electron chi connectivity index (χ4n) is 0.902. The van der Waals surface area contributed by atoms with Crippen LogP contribution in [0.3, 0.4) is 0 Å². The van der Waals surface area contributed by atoms with E-state index in [4.69, 9.17) is 5.73 Å². The van der Waals surface area contributed by atoms with Crippen molar-refractivity contribution in [2.45, 2.75) is 25.6 Å². The van der Waals surface area contributed by atoms with Gasteiger partial charge >= 0.3 is 6.18 Å². The van der Waals surface area contributed by atoms with Crippen molar-refractivity contribution in [1.82, 2.24) is 9.36 Å². The van der Waals surface area contributed by atoms with Crippen molar-refractivity contribution < 1.29 is 13.2 Å². The van der Waals surface area contributed by atoms with Crippen LogP contribution >= 0.6 is 11.5 Å². The topological polar surface area (TPSA) is 63.8 Å². The number of rotatable bonds is 3. The van der Waals surface area contributed by atoms with Crippen molar-refractivity contribution in [2.75, 3.05) is 11.1 Å². The minimum Gasteiger partial charge on any atom is -0.367 e. The van der Waals surface area contributed by atoms with Gasteiger partial charge in [-0.2, -0.15) is 22.5 Å². The van der Waals surface area contributed by atoms with Gasteiger partial charge in [-0.05, 0) is 6.92 Å². The van der Waals surface area contributed by atoms with Gasteiger partial charge in [-0.1, -0.05) is 0 Å². The maximum Gasteiger partial charge on any atom is 0.391 e. The molecule has 0 spiro atoms. The van der Waals surface area contributed by atoms with Gasteiger partial charge in [-0.3, -0.25) is 0 Å². The van der Waals surface area contributed by atoms with Crippen molar-refractivity contribution in [1.29, 1.82) is 0 Å². The highest BCUT2D eigenvalue weighted by molar-refractivity contribution is 7.09. The zero-order valence-corrected chi connectivity index (χ0v) is 8.11. The van der Waals surface area contributed by atoms with Gasteiger partial charge in [0.1, 0.15) is 0 Å². The summed E-state index contributed by atoms with van der Waals surface area (Å²) in [4.78, 5) is 3.69. The molecule has 0 aliphatic heterocycles. The molecule has 0 fully saturated rings. The number of hydrogen-bond acceptors (Lipinski definition) is 5. The van der Waals surface area contributed by atoms with Gasteiger partial charge in [0, 0.05) is 17.6 Å². The minimum absolute atomic E-state index is 0.0664. The average molecular weight is 226 g/mol. The number of anilines is 2. The highest BCUT2D eigenvalue weighted by Gasteiger charge is 2.30. The van der Waals surface area contributed by atoms with Crippen LogP contribution in [0.25, 0.3) is 0 Å². The minimum atomic E-state index is -4.18. The number of halogens is 3. The molecule has 0 aromatic carbocycles. The van der Waals surface area contributed by atoms with E-state index in [0.29, 0.717) is 5.13 Å². The Morgan fingerprint density at radius 2 is 2.21 bits per heavy atom. The number of nitrogens with one attached hydrogen (secondary N) is 1. The van der Waals surface area contributed by atoms with Crippen LogP contribution in [0, 0.1) is 0 Å². The summed E-state index contributed by atoms with van der Waals surface area (Å²) in [5, 5.41) is 2.87. The summed E-state index contributed by atoms with van der Waals surface area (Å²) in [6.45, 7) is 1.42. The van der Waals surface area contributed by atoms with Crippen molar-refractivity contribution in [3.63, 3.8) is 0 Å². The van der Waals surface area contributed by atoms with Crippen LogP contribution in [-0.2, 0) is 0 Å². The Labute approximate surface area is 82.5 Å². The Bertz CT molecular complexity index is 298. The lowest BCUT2D eigenvalue weighted by atomic mass is 10.2. The van der Waals surface area contributed by atoms with E-state index in [1.54, 1.807) is 0 Å². The van der Waals surface area contributed by atoms with Gasteiger partial charge in [0.15, 0.2) is 0 Å². The molecule has 1 atom stereocenters. The first-order valence-corrected chi connectivity index (χ1v) is 4.56. The van der Waals surface area contributed by atoms with Crippen LogP contribution in [0.1, 0.15) is 13.3 Å². The molecule has 0 bridgehead atoms. The largest absolute Gasteiger partial charge is 0.391 e. The van der Waals surface area contributed by atoms with E-state index in [1.807, 2.05) is 0 Å². The number of hydrogen-bond donors (Lipinski definition) is 2. The molecule has 1 unspecified atom stereocenters. The fourth-order valence-corrected chi connectivity index (χ4v) is 1.51. The summed E-state index contributed by atoms with van der Waals surface area (Å²) in [6, 6.07) is -0.734. The zero-order chi connectivity index (χ0) is 10.8. The molecule has 1 heterocycles. The van der Waals surface area contributed by atoms with Crippen LogP contribution in [0.15, 0.2) is 0 Å². The fraction of sp³-hybridized carbons (Fsp3) is 0.667. The summed E-state index contributed by atoms with van der Waals surface area (Å²) in [5.74, 6) is 0.0664. The third-order valence-corrected chi connectivity index (χ3v) is 2.01. The van der Waals surface area contributed by atoms with Gasteiger partial charge in [0.25, 0.3) is 0 Å². The van der Waals surface area contributed by atoms with Gasteiger partial charge in [0.2, 0.25) is 11.1 Å². The summed E-state index contributed by atoms with van der Waals surface area (Å²) in [7, 11) is 0. The SMILES string of the molecule is CC(CC(F)(F)F)Nc1nc(N)ns1. The maximum atomic E-state index is 11.9.